The van der Waals surface area contributed by atoms with Crippen molar-refractivity contribution in [3.05, 3.63) is 27.8 Å². The first-order chi connectivity index (χ1) is 12.5. The molecule has 1 N–H and O–H groups in total. The lowest BCUT2D eigenvalue weighted by Gasteiger charge is -2.30. The highest BCUT2D eigenvalue weighted by Gasteiger charge is 2.25. The smallest absolute Gasteiger partial charge is 0.286 e. The fourth-order valence-corrected chi connectivity index (χ4v) is 3.02. The van der Waals surface area contributed by atoms with Gasteiger partial charge >= 0.3 is 0 Å². The number of amides is 1. The number of methoxy groups -OCH3 is 1. The van der Waals surface area contributed by atoms with Gasteiger partial charge in [-0.3, -0.25) is 14.9 Å². The Morgan fingerprint density at radius 3 is 2.62 bits per heavy atom. The van der Waals surface area contributed by atoms with Gasteiger partial charge in [-0.25, -0.2) is 0 Å². The molecule has 1 aliphatic rings. The summed E-state index contributed by atoms with van der Waals surface area (Å²) in [5, 5.41) is 14.1. The number of benzene rings is 1. The molecule has 8 nitrogen and oxygen atoms in total. The molecular formula is C18H27N3O5. The molecule has 1 saturated heterocycles. The minimum atomic E-state index is -0.580. The van der Waals surface area contributed by atoms with E-state index in [2.05, 4.69) is 17.1 Å². The van der Waals surface area contributed by atoms with Gasteiger partial charge in [0.15, 0.2) is 11.5 Å². The van der Waals surface area contributed by atoms with Crippen LogP contribution in [-0.4, -0.2) is 55.6 Å². The van der Waals surface area contributed by atoms with Crippen LogP contribution in [0, 0.1) is 16.0 Å². The average Bonchev–Trinajstić information content (AvgIpc) is 2.63. The van der Waals surface area contributed by atoms with E-state index in [9.17, 15) is 14.9 Å². The molecule has 1 aromatic carbocycles. The van der Waals surface area contributed by atoms with Crippen LogP contribution in [0.5, 0.6) is 11.5 Å². The Morgan fingerprint density at radius 2 is 2.04 bits per heavy atom. The zero-order chi connectivity index (χ0) is 19.1. The molecule has 0 radical (unpaired) electrons. The zero-order valence-corrected chi connectivity index (χ0v) is 15.6. The van der Waals surface area contributed by atoms with Gasteiger partial charge in [0.05, 0.1) is 24.7 Å². The molecule has 0 atom stereocenters. The summed E-state index contributed by atoms with van der Waals surface area (Å²) in [7, 11) is 1.43. The number of carbonyl (C=O) groups excluding carboxylic acids is 1. The van der Waals surface area contributed by atoms with E-state index in [0.717, 1.165) is 38.4 Å². The maximum atomic E-state index is 12.5. The van der Waals surface area contributed by atoms with E-state index >= 15 is 0 Å². The number of nitro groups is 1. The van der Waals surface area contributed by atoms with Crippen molar-refractivity contribution in [3.8, 4) is 11.5 Å². The van der Waals surface area contributed by atoms with Crippen LogP contribution in [-0.2, 0) is 0 Å². The molecule has 0 spiro atoms. The molecule has 1 heterocycles. The second-order valence-corrected chi connectivity index (χ2v) is 6.49. The summed E-state index contributed by atoms with van der Waals surface area (Å²) in [6.07, 6.45) is 2.32. The fraction of sp³-hybridized carbons (Fsp3) is 0.611. The van der Waals surface area contributed by atoms with Crippen LogP contribution in [0.2, 0.25) is 0 Å². The Bertz CT molecular complexity index is 642. The van der Waals surface area contributed by atoms with Crippen LogP contribution in [0.4, 0.5) is 5.69 Å². The summed E-state index contributed by atoms with van der Waals surface area (Å²) in [4.78, 5) is 25.5. The summed E-state index contributed by atoms with van der Waals surface area (Å²) in [6.45, 7) is 7.58. The van der Waals surface area contributed by atoms with Gasteiger partial charge in [0.2, 0.25) is 0 Å². The van der Waals surface area contributed by atoms with E-state index in [4.69, 9.17) is 9.47 Å². The molecule has 144 valence electrons. The normalized spacial score (nSPS) is 15.5. The first-order valence-electron chi connectivity index (χ1n) is 8.96. The number of hydrogen-bond donors (Lipinski definition) is 1. The highest BCUT2D eigenvalue weighted by molar-refractivity contribution is 5.99. The number of nitro benzene ring substituents is 1. The van der Waals surface area contributed by atoms with Crippen molar-refractivity contribution < 1.29 is 19.2 Å². The van der Waals surface area contributed by atoms with Gasteiger partial charge in [-0.2, -0.15) is 0 Å². The lowest BCUT2D eigenvalue weighted by molar-refractivity contribution is -0.385. The maximum absolute atomic E-state index is 12.5. The summed E-state index contributed by atoms with van der Waals surface area (Å²) < 4.78 is 10.6. The molecule has 0 aromatic heterocycles. The third-order valence-electron chi connectivity index (χ3n) is 4.61. The van der Waals surface area contributed by atoms with Gasteiger partial charge in [0.25, 0.3) is 11.6 Å². The molecular weight excluding hydrogens is 338 g/mol. The van der Waals surface area contributed by atoms with Crippen molar-refractivity contribution in [2.45, 2.75) is 26.7 Å². The lowest BCUT2D eigenvalue weighted by Crippen LogP contribution is -2.39. The first-order valence-corrected chi connectivity index (χ1v) is 8.96. The van der Waals surface area contributed by atoms with Crippen molar-refractivity contribution in [3.63, 3.8) is 0 Å². The van der Waals surface area contributed by atoms with Gasteiger partial charge in [0, 0.05) is 19.2 Å². The minimum absolute atomic E-state index is 0.0254. The molecule has 1 aromatic rings. The Kier molecular flexibility index (Phi) is 7.20. The fourth-order valence-electron chi connectivity index (χ4n) is 3.02. The molecule has 0 bridgehead atoms. The Morgan fingerprint density at radius 1 is 1.35 bits per heavy atom. The largest absolute Gasteiger partial charge is 0.493 e. The summed E-state index contributed by atoms with van der Waals surface area (Å²) in [5.41, 5.74) is -0.318. The predicted octanol–water partition coefficient (Wildman–Crippen LogP) is 2.46. The molecule has 2 rings (SSSR count). The summed E-state index contributed by atoms with van der Waals surface area (Å²) >= 11 is 0. The van der Waals surface area contributed by atoms with E-state index in [1.54, 1.807) is 6.92 Å². The Hall–Kier alpha value is -2.35. The third kappa shape index (κ3) is 5.08. The van der Waals surface area contributed by atoms with Crippen LogP contribution in [0.25, 0.3) is 0 Å². The number of ether oxygens (including phenoxy) is 2. The molecule has 0 aliphatic carbocycles. The first kappa shape index (κ1) is 20.0. The number of nitrogens with one attached hydrogen (secondary N) is 1. The minimum Gasteiger partial charge on any atom is -0.493 e. The monoisotopic (exact) mass is 365 g/mol. The third-order valence-corrected chi connectivity index (χ3v) is 4.61. The molecule has 0 saturated carbocycles. The standard InChI is InChI=1S/C18H27N3O5/c1-4-26-17-12-15(21(23)24)14(11-16(17)25-3)18(22)19-7-10-20-8-5-13(2)6-9-20/h11-13H,4-10H2,1-3H3,(H,19,22). The number of carbonyl (C=O) groups is 1. The van der Waals surface area contributed by atoms with Crippen molar-refractivity contribution in [2.75, 3.05) is 39.9 Å². The maximum Gasteiger partial charge on any atom is 0.286 e. The van der Waals surface area contributed by atoms with E-state index in [-0.39, 0.29) is 17.0 Å². The molecule has 26 heavy (non-hydrogen) atoms. The number of hydrogen-bond acceptors (Lipinski definition) is 6. The highest BCUT2D eigenvalue weighted by Crippen LogP contribution is 2.34. The predicted molar refractivity (Wildman–Crippen MR) is 98.0 cm³/mol. The quantitative estimate of drug-likeness (QED) is 0.562. The molecule has 1 aliphatic heterocycles. The van der Waals surface area contributed by atoms with E-state index in [0.29, 0.717) is 18.9 Å². The van der Waals surface area contributed by atoms with Gasteiger partial charge < -0.3 is 19.7 Å². The number of likely N-dealkylation sites (tertiary alicyclic amines) is 1. The molecule has 0 unspecified atom stereocenters. The average molecular weight is 365 g/mol. The van der Waals surface area contributed by atoms with Crippen molar-refractivity contribution in [1.82, 2.24) is 10.2 Å². The SMILES string of the molecule is CCOc1cc([N+](=O)[O-])c(C(=O)NCCN2CCC(C)CC2)cc1OC. The Balaban J connectivity index is 2.05. The van der Waals surface area contributed by atoms with E-state index in [1.165, 1.54) is 19.2 Å². The van der Waals surface area contributed by atoms with Crippen molar-refractivity contribution >= 4 is 11.6 Å². The van der Waals surface area contributed by atoms with Gasteiger partial charge in [0.1, 0.15) is 5.56 Å². The molecule has 8 heteroatoms. The Labute approximate surface area is 153 Å². The van der Waals surface area contributed by atoms with Crippen LogP contribution in [0.1, 0.15) is 37.0 Å². The lowest BCUT2D eigenvalue weighted by atomic mass is 9.99. The van der Waals surface area contributed by atoms with Crippen molar-refractivity contribution in [1.29, 1.82) is 0 Å². The summed E-state index contributed by atoms with van der Waals surface area (Å²) in [5.74, 6) is 0.816. The van der Waals surface area contributed by atoms with Gasteiger partial charge in [-0.15, -0.1) is 0 Å². The highest BCUT2D eigenvalue weighted by atomic mass is 16.6. The second-order valence-electron chi connectivity index (χ2n) is 6.49. The molecule has 1 fully saturated rings. The van der Waals surface area contributed by atoms with E-state index in [1.807, 2.05) is 0 Å². The van der Waals surface area contributed by atoms with Crippen LogP contribution in [0.3, 0.4) is 0 Å². The number of rotatable bonds is 8. The van der Waals surface area contributed by atoms with Gasteiger partial charge in [-0.05, 0) is 38.8 Å². The number of piperidine rings is 1. The number of nitrogens with zero attached hydrogens (tertiary/aromatic N) is 2. The summed E-state index contributed by atoms with van der Waals surface area (Å²) in [6, 6.07) is 2.60. The van der Waals surface area contributed by atoms with E-state index < -0.39 is 10.8 Å². The molecule has 1 amide bonds. The topological polar surface area (TPSA) is 93.9 Å². The van der Waals surface area contributed by atoms with Crippen molar-refractivity contribution in [2.24, 2.45) is 5.92 Å². The van der Waals surface area contributed by atoms with Crippen LogP contribution in [0.15, 0.2) is 12.1 Å². The zero-order valence-electron chi connectivity index (χ0n) is 15.6. The second kappa shape index (κ2) is 9.38. The van der Waals surface area contributed by atoms with Crippen LogP contribution < -0.4 is 14.8 Å². The van der Waals surface area contributed by atoms with Gasteiger partial charge in [-0.1, -0.05) is 6.92 Å². The van der Waals surface area contributed by atoms with Crippen LogP contribution >= 0.6 is 0 Å².